The first-order valence-corrected chi connectivity index (χ1v) is 4.76. The number of rotatable bonds is 4. The summed E-state index contributed by atoms with van der Waals surface area (Å²) in [5, 5.41) is 0. The van der Waals surface area contributed by atoms with Crippen LogP contribution in [0.1, 0.15) is 12.5 Å². The second-order valence-corrected chi connectivity index (χ2v) is 3.95. The Morgan fingerprint density at radius 3 is 2.50 bits per heavy atom. The lowest BCUT2D eigenvalue weighted by molar-refractivity contribution is 0.0639. The van der Waals surface area contributed by atoms with Crippen LogP contribution in [0.4, 0.5) is 13.2 Å². The number of halogens is 3. The topological polar surface area (TPSA) is 35.2 Å². The van der Waals surface area contributed by atoms with Crippen LogP contribution >= 0.6 is 0 Å². The van der Waals surface area contributed by atoms with Gasteiger partial charge in [0.1, 0.15) is 0 Å². The molecule has 5 heteroatoms. The highest BCUT2D eigenvalue weighted by molar-refractivity contribution is 5.30. The third-order valence-electron chi connectivity index (χ3n) is 2.30. The molecule has 1 aromatic rings. The average Bonchev–Trinajstić information content (AvgIpc) is 2.17. The lowest BCUT2D eigenvalue weighted by atomic mass is 9.94. The average molecular weight is 233 g/mol. The molecule has 2 N–H and O–H groups in total. The molecule has 0 aromatic heterocycles. The van der Waals surface area contributed by atoms with E-state index in [9.17, 15) is 13.2 Å². The van der Waals surface area contributed by atoms with Gasteiger partial charge in [-0.3, -0.25) is 0 Å². The fourth-order valence-corrected chi connectivity index (χ4v) is 1.34. The molecule has 0 fully saturated rings. The van der Waals surface area contributed by atoms with Crippen LogP contribution in [0.2, 0.25) is 0 Å². The van der Waals surface area contributed by atoms with Gasteiger partial charge in [-0.15, -0.1) is 0 Å². The van der Waals surface area contributed by atoms with Gasteiger partial charge in [-0.05, 0) is 31.0 Å². The lowest BCUT2D eigenvalue weighted by Gasteiger charge is -2.23. The summed E-state index contributed by atoms with van der Waals surface area (Å²) in [7, 11) is 1.34. The molecule has 2 nitrogen and oxygen atoms in total. The van der Waals surface area contributed by atoms with E-state index < -0.39 is 17.8 Å². The van der Waals surface area contributed by atoms with Crippen LogP contribution in [-0.4, -0.2) is 19.1 Å². The summed E-state index contributed by atoms with van der Waals surface area (Å²) in [6.07, 6.45) is -2.75. The molecule has 0 amide bonds. The molecule has 0 heterocycles. The van der Waals surface area contributed by atoms with Crippen molar-refractivity contribution in [2.45, 2.75) is 25.3 Å². The molecular weight excluding hydrogens is 219 g/mol. The number of methoxy groups -OCH3 is 1. The minimum atomic E-state index is -2.65. The van der Waals surface area contributed by atoms with E-state index in [1.54, 1.807) is 0 Å². The molecule has 1 aromatic carbocycles. The number of hydrogen-bond acceptors (Lipinski definition) is 2. The number of alkyl halides is 2. The zero-order chi connectivity index (χ0) is 12.3. The Kier molecular flexibility index (Phi) is 3.80. The van der Waals surface area contributed by atoms with Crippen molar-refractivity contribution in [3.8, 4) is 5.75 Å². The molecule has 0 saturated carbocycles. The fraction of sp³-hybridized carbons (Fsp3) is 0.455. The van der Waals surface area contributed by atoms with Gasteiger partial charge in [-0.2, -0.15) is 0 Å². The molecule has 90 valence electrons. The van der Waals surface area contributed by atoms with Crippen LogP contribution < -0.4 is 10.5 Å². The number of ether oxygens (including phenoxy) is 1. The van der Waals surface area contributed by atoms with E-state index in [1.165, 1.54) is 26.2 Å². The van der Waals surface area contributed by atoms with Crippen molar-refractivity contribution in [2.24, 2.45) is 5.73 Å². The van der Waals surface area contributed by atoms with Gasteiger partial charge in [0.25, 0.3) is 6.43 Å². The highest BCUT2D eigenvalue weighted by atomic mass is 19.3. The largest absolute Gasteiger partial charge is 0.494 e. The third-order valence-corrected chi connectivity index (χ3v) is 2.30. The summed E-state index contributed by atoms with van der Waals surface area (Å²) >= 11 is 0. The standard InChI is InChI=1S/C11H14F3NO/c1-11(15,10(13)14)6-7-3-4-9(16-2)8(12)5-7/h3-5,10H,6,15H2,1-2H3. The summed E-state index contributed by atoms with van der Waals surface area (Å²) in [6.45, 7) is 1.24. The molecular formula is C11H14F3NO. The number of nitrogens with two attached hydrogens (primary N) is 1. The van der Waals surface area contributed by atoms with E-state index in [4.69, 9.17) is 10.5 Å². The second kappa shape index (κ2) is 4.74. The quantitative estimate of drug-likeness (QED) is 0.866. The van der Waals surface area contributed by atoms with Gasteiger partial charge >= 0.3 is 0 Å². The second-order valence-electron chi connectivity index (χ2n) is 3.95. The number of benzene rings is 1. The summed E-state index contributed by atoms with van der Waals surface area (Å²) < 4.78 is 43.0. The van der Waals surface area contributed by atoms with Crippen molar-refractivity contribution >= 4 is 0 Å². The maximum Gasteiger partial charge on any atom is 0.256 e. The molecule has 0 aliphatic heterocycles. The van der Waals surface area contributed by atoms with Gasteiger partial charge in [-0.1, -0.05) is 6.07 Å². The van der Waals surface area contributed by atoms with Crippen LogP contribution in [-0.2, 0) is 6.42 Å². The van der Waals surface area contributed by atoms with Crippen molar-refractivity contribution in [3.05, 3.63) is 29.6 Å². The first-order valence-electron chi connectivity index (χ1n) is 4.76. The minimum absolute atomic E-state index is 0.0829. The van der Waals surface area contributed by atoms with Crippen LogP contribution in [0.3, 0.4) is 0 Å². The number of hydrogen-bond donors (Lipinski definition) is 1. The van der Waals surface area contributed by atoms with Crippen molar-refractivity contribution < 1.29 is 17.9 Å². The zero-order valence-corrected chi connectivity index (χ0v) is 9.14. The Labute approximate surface area is 92.2 Å². The molecule has 0 radical (unpaired) electrons. The van der Waals surface area contributed by atoms with Gasteiger partial charge in [-0.25, -0.2) is 13.2 Å². The maximum absolute atomic E-state index is 13.3. The zero-order valence-electron chi connectivity index (χ0n) is 9.14. The first-order chi connectivity index (χ1) is 7.36. The Bertz CT molecular complexity index is 366. The first kappa shape index (κ1) is 12.8. The molecule has 0 aliphatic rings. The highest BCUT2D eigenvalue weighted by Crippen LogP contribution is 2.22. The summed E-state index contributed by atoms with van der Waals surface area (Å²) in [5.74, 6) is -0.496. The molecule has 1 unspecified atom stereocenters. The third kappa shape index (κ3) is 2.88. The minimum Gasteiger partial charge on any atom is -0.494 e. The van der Waals surface area contributed by atoms with Gasteiger partial charge in [0, 0.05) is 0 Å². The van der Waals surface area contributed by atoms with Gasteiger partial charge in [0.15, 0.2) is 11.6 Å². The Morgan fingerprint density at radius 1 is 1.44 bits per heavy atom. The van der Waals surface area contributed by atoms with Crippen LogP contribution in [0, 0.1) is 5.82 Å². The van der Waals surface area contributed by atoms with E-state index in [2.05, 4.69) is 0 Å². The smallest absolute Gasteiger partial charge is 0.256 e. The van der Waals surface area contributed by atoms with Gasteiger partial charge in [0.2, 0.25) is 0 Å². The van der Waals surface area contributed by atoms with E-state index in [0.29, 0.717) is 5.56 Å². The Balaban J connectivity index is 2.87. The van der Waals surface area contributed by atoms with Gasteiger partial charge in [0.05, 0.1) is 12.6 Å². The molecule has 0 saturated heterocycles. The molecule has 1 rings (SSSR count). The van der Waals surface area contributed by atoms with Crippen molar-refractivity contribution in [1.29, 1.82) is 0 Å². The highest BCUT2D eigenvalue weighted by Gasteiger charge is 2.30. The molecule has 1 atom stereocenters. The fourth-order valence-electron chi connectivity index (χ4n) is 1.34. The SMILES string of the molecule is COc1ccc(CC(C)(N)C(F)F)cc1F. The maximum atomic E-state index is 13.3. The predicted molar refractivity (Wildman–Crippen MR) is 55.3 cm³/mol. The van der Waals surface area contributed by atoms with Crippen LogP contribution in [0.15, 0.2) is 18.2 Å². The summed E-state index contributed by atoms with van der Waals surface area (Å²) in [4.78, 5) is 0. The van der Waals surface area contributed by atoms with Crippen molar-refractivity contribution in [3.63, 3.8) is 0 Å². The van der Waals surface area contributed by atoms with Crippen LogP contribution in [0.25, 0.3) is 0 Å². The molecule has 0 bridgehead atoms. The van der Waals surface area contributed by atoms with Crippen LogP contribution in [0.5, 0.6) is 5.75 Å². The molecule has 16 heavy (non-hydrogen) atoms. The Hall–Kier alpha value is -1.23. The van der Waals surface area contributed by atoms with Crippen molar-refractivity contribution in [2.75, 3.05) is 7.11 Å². The lowest BCUT2D eigenvalue weighted by Crippen LogP contribution is -2.45. The Morgan fingerprint density at radius 2 is 2.06 bits per heavy atom. The van der Waals surface area contributed by atoms with Gasteiger partial charge < -0.3 is 10.5 Å². The van der Waals surface area contributed by atoms with E-state index in [-0.39, 0.29) is 12.2 Å². The van der Waals surface area contributed by atoms with Crippen molar-refractivity contribution in [1.82, 2.24) is 0 Å². The molecule has 0 aliphatic carbocycles. The summed E-state index contributed by atoms with van der Waals surface area (Å²) in [6, 6.07) is 4.08. The normalized spacial score (nSPS) is 14.9. The monoisotopic (exact) mass is 233 g/mol. The predicted octanol–water partition coefficient (Wildman–Crippen LogP) is 2.36. The van der Waals surface area contributed by atoms with E-state index in [1.807, 2.05) is 0 Å². The molecule has 0 spiro atoms. The van der Waals surface area contributed by atoms with E-state index >= 15 is 0 Å². The summed E-state index contributed by atoms with van der Waals surface area (Å²) in [5.41, 5.74) is 4.18. The van der Waals surface area contributed by atoms with E-state index in [0.717, 1.165) is 6.07 Å².